The third-order valence-electron chi connectivity index (χ3n) is 2.35. The molecule has 1 aromatic heterocycles. The van der Waals surface area contributed by atoms with E-state index in [1.807, 2.05) is 12.3 Å². The molecule has 2 heteroatoms. The minimum absolute atomic E-state index is 0.232. The molecule has 0 radical (unpaired) electrons. The van der Waals surface area contributed by atoms with Crippen molar-refractivity contribution in [1.29, 1.82) is 0 Å². The zero-order valence-electron chi connectivity index (χ0n) is 7.59. The summed E-state index contributed by atoms with van der Waals surface area (Å²) in [4.78, 5) is 4.32. The first-order chi connectivity index (χ1) is 5.67. The summed E-state index contributed by atoms with van der Waals surface area (Å²) in [6, 6.07) is 4.08. The van der Waals surface area contributed by atoms with Crippen molar-refractivity contribution < 1.29 is 0 Å². The lowest BCUT2D eigenvalue weighted by molar-refractivity contribution is 0.497. The Morgan fingerprint density at radius 3 is 3.17 bits per heavy atom. The van der Waals surface area contributed by atoms with E-state index >= 15 is 0 Å². The number of aromatic nitrogens is 1. The Labute approximate surface area is 73.0 Å². The topological polar surface area (TPSA) is 24.9 Å². The highest BCUT2D eigenvalue weighted by Crippen LogP contribution is 2.28. The normalized spacial score (nSPS) is 19.5. The molecule has 2 rings (SSSR count). The Balaban J connectivity index is 2.35. The summed E-state index contributed by atoms with van der Waals surface area (Å²) >= 11 is 0. The number of nitrogens with zero attached hydrogens (tertiary/aromatic N) is 1. The van der Waals surface area contributed by atoms with Crippen molar-refractivity contribution in [3.05, 3.63) is 24.0 Å². The van der Waals surface area contributed by atoms with Crippen LogP contribution < -0.4 is 5.32 Å². The van der Waals surface area contributed by atoms with Crippen LogP contribution in [0.25, 0.3) is 0 Å². The molecule has 0 aliphatic carbocycles. The molecule has 1 aliphatic rings. The molecular weight excluding hydrogens is 148 g/mol. The van der Waals surface area contributed by atoms with E-state index in [-0.39, 0.29) is 5.54 Å². The first-order valence-corrected chi connectivity index (χ1v) is 4.39. The second-order valence-corrected chi connectivity index (χ2v) is 4.01. The van der Waals surface area contributed by atoms with Gasteiger partial charge < -0.3 is 5.32 Å². The minimum atomic E-state index is 0.232. The first-order valence-electron chi connectivity index (χ1n) is 4.39. The van der Waals surface area contributed by atoms with Crippen LogP contribution in [0.3, 0.4) is 0 Å². The summed E-state index contributed by atoms with van der Waals surface area (Å²) in [7, 11) is 0. The van der Waals surface area contributed by atoms with Gasteiger partial charge in [-0.05, 0) is 38.8 Å². The lowest BCUT2D eigenvalue weighted by atomic mass is 9.92. The van der Waals surface area contributed by atoms with Gasteiger partial charge in [-0.15, -0.1) is 0 Å². The number of hydrogen-bond donors (Lipinski definition) is 1. The van der Waals surface area contributed by atoms with Crippen molar-refractivity contribution in [3.63, 3.8) is 0 Å². The van der Waals surface area contributed by atoms with Crippen molar-refractivity contribution in [2.75, 3.05) is 5.32 Å². The molecule has 1 aliphatic heterocycles. The lowest BCUT2D eigenvalue weighted by Gasteiger charge is -2.32. The molecule has 64 valence electrons. The van der Waals surface area contributed by atoms with Crippen LogP contribution >= 0.6 is 0 Å². The molecule has 12 heavy (non-hydrogen) atoms. The second kappa shape index (κ2) is 2.47. The van der Waals surface area contributed by atoms with E-state index in [1.54, 1.807) is 0 Å². The van der Waals surface area contributed by atoms with Gasteiger partial charge in [0.25, 0.3) is 0 Å². The third kappa shape index (κ3) is 1.29. The van der Waals surface area contributed by atoms with Gasteiger partial charge in [0.1, 0.15) is 0 Å². The van der Waals surface area contributed by atoms with Crippen LogP contribution in [0.2, 0.25) is 0 Å². The summed E-state index contributed by atoms with van der Waals surface area (Å²) in [5.74, 6) is 0. The van der Waals surface area contributed by atoms with E-state index in [9.17, 15) is 0 Å². The van der Waals surface area contributed by atoms with Gasteiger partial charge in [0.05, 0.1) is 11.4 Å². The van der Waals surface area contributed by atoms with Crippen molar-refractivity contribution in [2.45, 2.75) is 32.2 Å². The molecule has 0 spiro atoms. The van der Waals surface area contributed by atoms with Gasteiger partial charge in [0.15, 0.2) is 0 Å². The predicted octanol–water partition coefficient (Wildman–Crippen LogP) is 2.22. The highest BCUT2D eigenvalue weighted by atomic mass is 15.0. The van der Waals surface area contributed by atoms with Crippen LogP contribution in [-0.4, -0.2) is 10.5 Å². The molecule has 0 unspecified atom stereocenters. The van der Waals surface area contributed by atoms with Crippen molar-refractivity contribution >= 4 is 5.69 Å². The summed E-state index contributed by atoms with van der Waals surface area (Å²) in [6.07, 6.45) is 4.12. The van der Waals surface area contributed by atoms with E-state index in [1.165, 1.54) is 11.4 Å². The molecule has 0 bridgehead atoms. The number of nitrogens with one attached hydrogen (secondary N) is 1. The highest BCUT2D eigenvalue weighted by Gasteiger charge is 2.23. The summed E-state index contributed by atoms with van der Waals surface area (Å²) < 4.78 is 0. The Bertz CT molecular complexity index is 292. The average molecular weight is 162 g/mol. The molecular formula is C10H14N2. The van der Waals surface area contributed by atoms with Gasteiger partial charge in [0, 0.05) is 11.7 Å². The molecule has 2 nitrogen and oxygen atoms in total. The Morgan fingerprint density at radius 2 is 2.33 bits per heavy atom. The summed E-state index contributed by atoms with van der Waals surface area (Å²) in [6.45, 7) is 4.45. The molecule has 0 saturated carbocycles. The summed E-state index contributed by atoms with van der Waals surface area (Å²) in [5.41, 5.74) is 2.64. The van der Waals surface area contributed by atoms with Gasteiger partial charge >= 0.3 is 0 Å². The maximum atomic E-state index is 4.32. The van der Waals surface area contributed by atoms with Crippen LogP contribution in [0, 0.1) is 0 Å². The molecule has 1 aromatic rings. The average Bonchev–Trinajstić information content (AvgIpc) is 2.02. The van der Waals surface area contributed by atoms with Crippen LogP contribution in [0.15, 0.2) is 18.3 Å². The van der Waals surface area contributed by atoms with E-state index in [2.05, 4.69) is 30.2 Å². The maximum absolute atomic E-state index is 4.32. The number of anilines is 1. The molecule has 0 saturated heterocycles. The predicted molar refractivity (Wildman–Crippen MR) is 50.3 cm³/mol. The Kier molecular flexibility index (Phi) is 1.56. The zero-order chi connectivity index (χ0) is 8.60. The molecule has 0 aromatic carbocycles. The monoisotopic (exact) mass is 162 g/mol. The fourth-order valence-electron chi connectivity index (χ4n) is 1.61. The fraction of sp³-hybridized carbons (Fsp3) is 0.500. The van der Waals surface area contributed by atoms with Crippen molar-refractivity contribution in [2.24, 2.45) is 0 Å². The number of rotatable bonds is 0. The van der Waals surface area contributed by atoms with Gasteiger partial charge in [-0.2, -0.15) is 0 Å². The third-order valence-corrected chi connectivity index (χ3v) is 2.35. The number of hydrogen-bond acceptors (Lipinski definition) is 2. The summed E-state index contributed by atoms with van der Waals surface area (Å²) in [5, 5.41) is 3.47. The molecule has 0 amide bonds. The van der Waals surface area contributed by atoms with Crippen LogP contribution in [0.1, 0.15) is 26.0 Å². The highest BCUT2D eigenvalue weighted by molar-refractivity contribution is 5.51. The lowest BCUT2D eigenvalue weighted by Crippen LogP contribution is -2.35. The van der Waals surface area contributed by atoms with Crippen LogP contribution in [0.5, 0.6) is 0 Å². The Hall–Kier alpha value is -1.05. The number of aryl methyl sites for hydroxylation is 1. The van der Waals surface area contributed by atoms with Gasteiger partial charge in [0.2, 0.25) is 0 Å². The SMILES string of the molecule is CC1(C)CCc2ncccc2N1. The standard InChI is InChI=1S/C10H14N2/c1-10(2)6-5-8-9(12-10)4-3-7-11-8/h3-4,7,12H,5-6H2,1-2H3. The molecule has 0 fully saturated rings. The van der Waals surface area contributed by atoms with Gasteiger partial charge in [-0.25, -0.2) is 0 Å². The van der Waals surface area contributed by atoms with Crippen LogP contribution in [0.4, 0.5) is 5.69 Å². The van der Waals surface area contributed by atoms with Gasteiger partial charge in [-0.1, -0.05) is 0 Å². The quantitative estimate of drug-likeness (QED) is 0.632. The fourth-order valence-corrected chi connectivity index (χ4v) is 1.61. The van der Waals surface area contributed by atoms with Crippen LogP contribution in [-0.2, 0) is 6.42 Å². The first kappa shape index (κ1) is 7.59. The Morgan fingerprint density at radius 1 is 1.50 bits per heavy atom. The molecule has 1 N–H and O–H groups in total. The largest absolute Gasteiger partial charge is 0.379 e. The van der Waals surface area contributed by atoms with E-state index < -0.39 is 0 Å². The minimum Gasteiger partial charge on any atom is -0.379 e. The van der Waals surface area contributed by atoms with Crippen molar-refractivity contribution in [3.8, 4) is 0 Å². The number of pyridine rings is 1. The molecule has 0 atom stereocenters. The van der Waals surface area contributed by atoms with Crippen molar-refractivity contribution in [1.82, 2.24) is 4.98 Å². The van der Waals surface area contributed by atoms with Gasteiger partial charge in [-0.3, -0.25) is 4.98 Å². The maximum Gasteiger partial charge on any atom is 0.0635 e. The zero-order valence-corrected chi connectivity index (χ0v) is 7.59. The molecule has 2 heterocycles. The number of fused-ring (bicyclic) bond motifs is 1. The van der Waals surface area contributed by atoms with E-state index in [0.717, 1.165) is 12.8 Å². The second-order valence-electron chi connectivity index (χ2n) is 4.01. The van der Waals surface area contributed by atoms with E-state index in [4.69, 9.17) is 0 Å². The van der Waals surface area contributed by atoms with E-state index in [0.29, 0.717) is 0 Å². The smallest absolute Gasteiger partial charge is 0.0635 e.